The Labute approximate surface area is 148 Å². The summed E-state index contributed by atoms with van der Waals surface area (Å²) in [6.45, 7) is 1.94. The lowest BCUT2D eigenvalue weighted by Gasteiger charge is -2.07. The van der Waals surface area contributed by atoms with Gasteiger partial charge in [0.15, 0.2) is 0 Å². The van der Waals surface area contributed by atoms with Crippen LogP contribution in [0.5, 0.6) is 0 Å². The highest BCUT2D eigenvalue weighted by Crippen LogP contribution is 2.26. The van der Waals surface area contributed by atoms with Crippen LogP contribution >= 0.6 is 34.8 Å². The van der Waals surface area contributed by atoms with E-state index < -0.39 is 0 Å². The van der Waals surface area contributed by atoms with Gasteiger partial charge in [-0.15, -0.1) is 0 Å². The van der Waals surface area contributed by atoms with Crippen molar-refractivity contribution in [1.82, 2.24) is 9.38 Å². The molecule has 2 heterocycles. The van der Waals surface area contributed by atoms with Gasteiger partial charge in [-0.05, 0) is 30.7 Å². The first-order chi connectivity index (χ1) is 11.0. The van der Waals surface area contributed by atoms with Crippen LogP contribution in [0.4, 0.5) is 5.69 Å². The number of hydrogen-bond acceptors (Lipinski definition) is 2. The van der Waals surface area contributed by atoms with Crippen molar-refractivity contribution in [2.45, 2.75) is 13.3 Å². The lowest BCUT2D eigenvalue weighted by molar-refractivity contribution is 0.102. The standard InChI is InChI=1S/C16H12Cl3N3O/c1-2-13-15(22-6-5-9(17)7-14(22)21-13)16(23)20-10-3-4-11(18)12(19)8-10/h3-8H,2H2,1H3,(H,20,23). The monoisotopic (exact) mass is 367 g/mol. The Bertz CT molecular complexity index is 905. The normalized spacial score (nSPS) is 11.0. The lowest BCUT2D eigenvalue weighted by Crippen LogP contribution is -2.16. The molecule has 23 heavy (non-hydrogen) atoms. The van der Waals surface area contributed by atoms with Gasteiger partial charge in [-0.1, -0.05) is 41.7 Å². The highest BCUT2D eigenvalue weighted by Gasteiger charge is 2.18. The molecule has 1 N–H and O–H groups in total. The summed E-state index contributed by atoms with van der Waals surface area (Å²) in [5, 5.41) is 4.20. The Kier molecular flexibility index (Phi) is 4.48. The number of hydrogen-bond donors (Lipinski definition) is 1. The third-order valence-corrected chi connectivity index (χ3v) is 4.36. The van der Waals surface area contributed by atoms with Gasteiger partial charge in [0.1, 0.15) is 11.3 Å². The van der Waals surface area contributed by atoms with Crippen molar-refractivity contribution in [3.63, 3.8) is 0 Å². The predicted octanol–water partition coefficient (Wildman–Crippen LogP) is 5.11. The molecule has 0 bridgehead atoms. The van der Waals surface area contributed by atoms with E-state index in [9.17, 15) is 4.79 Å². The number of amides is 1. The Balaban J connectivity index is 2.01. The van der Waals surface area contributed by atoms with Crippen molar-refractivity contribution in [1.29, 1.82) is 0 Å². The molecular weight excluding hydrogens is 357 g/mol. The molecule has 0 aliphatic heterocycles. The number of pyridine rings is 1. The zero-order valence-electron chi connectivity index (χ0n) is 12.1. The maximum atomic E-state index is 12.7. The van der Waals surface area contributed by atoms with Crippen LogP contribution < -0.4 is 5.32 Å². The van der Waals surface area contributed by atoms with Crippen molar-refractivity contribution in [3.05, 3.63) is 63.0 Å². The molecule has 0 fully saturated rings. The Morgan fingerprint density at radius 3 is 2.65 bits per heavy atom. The molecule has 0 unspecified atom stereocenters. The van der Waals surface area contributed by atoms with E-state index in [4.69, 9.17) is 34.8 Å². The third kappa shape index (κ3) is 3.15. The second-order valence-electron chi connectivity index (χ2n) is 4.92. The largest absolute Gasteiger partial charge is 0.321 e. The fraction of sp³-hybridized carbons (Fsp3) is 0.125. The van der Waals surface area contributed by atoms with Gasteiger partial charge in [-0.25, -0.2) is 4.98 Å². The third-order valence-electron chi connectivity index (χ3n) is 3.39. The molecule has 7 heteroatoms. The summed E-state index contributed by atoms with van der Waals surface area (Å²) in [5.41, 5.74) is 2.37. The van der Waals surface area contributed by atoms with Crippen molar-refractivity contribution in [3.8, 4) is 0 Å². The van der Waals surface area contributed by atoms with Crippen LogP contribution in [-0.4, -0.2) is 15.3 Å². The van der Waals surface area contributed by atoms with Gasteiger partial charge < -0.3 is 5.32 Å². The maximum Gasteiger partial charge on any atom is 0.274 e. The molecule has 118 valence electrons. The summed E-state index contributed by atoms with van der Waals surface area (Å²) in [7, 11) is 0. The number of nitrogens with zero attached hydrogens (tertiary/aromatic N) is 2. The van der Waals surface area contributed by atoms with Crippen LogP contribution in [0, 0.1) is 0 Å². The van der Waals surface area contributed by atoms with Crippen LogP contribution in [0.15, 0.2) is 36.5 Å². The summed E-state index contributed by atoms with van der Waals surface area (Å²) in [4.78, 5) is 17.1. The smallest absolute Gasteiger partial charge is 0.274 e. The van der Waals surface area contributed by atoms with Crippen molar-refractivity contribution < 1.29 is 4.79 Å². The van der Waals surface area contributed by atoms with E-state index in [1.54, 1.807) is 40.9 Å². The van der Waals surface area contributed by atoms with E-state index in [0.717, 1.165) is 0 Å². The lowest BCUT2D eigenvalue weighted by atomic mass is 10.2. The highest BCUT2D eigenvalue weighted by atomic mass is 35.5. The van der Waals surface area contributed by atoms with Gasteiger partial charge in [-0.2, -0.15) is 0 Å². The molecule has 0 radical (unpaired) electrons. The molecule has 0 saturated carbocycles. The van der Waals surface area contributed by atoms with E-state index in [1.165, 1.54) is 0 Å². The zero-order valence-corrected chi connectivity index (χ0v) is 14.4. The minimum absolute atomic E-state index is 0.268. The number of aromatic nitrogens is 2. The number of imidazole rings is 1. The molecule has 3 aromatic rings. The van der Waals surface area contributed by atoms with Gasteiger partial charge in [0.2, 0.25) is 0 Å². The Hall–Kier alpha value is -1.75. The Morgan fingerprint density at radius 1 is 1.17 bits per heavy atom. The summed E-state index contributed by atoms with van der Waals surface area (Å²) >= 11 is 17.8. The minimum atomic E-state index is -0.268. The van der Waals surface area contributed by atoms with E-state index >= 15 is 0 Å². The molecule has 2 aromatic heterocycles. The quantitative estimate of drug-likeness (QED) is 0.698. The maximum absolute atomic E-state index is 12.7. The fourth-order valence-corrected chi connectivity index (χ4v) is 2.77. The van der Waals surface area contributed by atoms with Gasteiger partial charge >= 0.3 is 0 Å². The molecular formula is C16H12Cl3N3O. The number of halogens is 3. The number of carbonyl (C=O) groups excluding carboxylic acids is 1. The summed E-state index contributed by atoms with van der Waals surface area (Å²) in [6, 6.07) is 8.36. The van der Waals surface area contributed by atoms with Crippen LogP contribution in [0.2, 0.25) is 15.1 Å². The van der Waals surface area contributed by atoms with Crippen molar-refractivity contribution in [2.75, 3.05) is 5.32 Å². The van der Waals surface area contributed by atoms with E-state index in [0.29, 0.717) is 44.2 Å². The number of benzene rings is 1. The number of fused-ring (bicyclic) bond motifs is 1. The SMILES string of the molecule is CCc1nc2cc(Cl)ccn2c1C(=O)Nc1ccc(Cl)c(Cl)c1. The topological polar surface area (TPSA) is 46.4 Å². The number of aryl methyl sites for hydroxylation is 1. The minimum Gasteiger partial charge on any atom is -0.321 e. The zero-order chi connectivity index (χ0) is 16.6. The van der Waals surface area contributed by atoms with E-state index in [-0.39, 0.29) is 5.91 Å². The molecule has 0 saturated heterocycles. The predicted molar refractivity (Wildman–Crippen MR) is 94.0 cm³/mol. The molecule has 1 aromatic carbocycles. The van der Waals surface area contributed by atoms with Crippen LogP contribution in [0.3, 0.4) is 0 Å². The summed E-state index contributed by atoms with van der Waals surface area (Å²) in [5.74, 6) is -0.268. The van der Waals surface area contributed by atoms with E-state index in [1.807, 2.05) is 6.92 Å². The van der Waals surface area contributed by atoms with Crippen LogP contribution in [0.1, 0.15) is 23.1 Å². The van der Waals surface area contributed by atoms with Crippen molar-refractivity contribution in [2.24, 2.45) is 0 Å². The molecule has 0 aliphatic carbocycles. The first-order valence-electron chi connectivity index (χ1n) is 6.92. The Morgan fingerprint density at radius 2 is 1.96 bits per heavy atom. The number of anilines is 1. The van der Waals surface area contributed by atoms with Crippen LogP contribution in [0.25, 0.3) is 5.65 Å². The average molecular weight is 369 g/mol. The number of carbonyl (C=O) groups is 1. The summed E-state index contributed by atoms with van der Waals surface area (Å²) < 4.78 is 1.72. The number of nitrogens with one attached hydrogen (secondary N) is 1. The second kappa shape index (κ2) is 6.40. The second-order valence-corrected chi connectivity index (χ2v) is 6.17. The molecule has 0 aliphatic rings. The summed E-state index contributed by atoms with van der Waals surface area (Å²) in [6.07, 6.45) is 2.36. The first kappa shape index (κ1) is 16.1. The fourth-order valence-electron chi connectivity index (χ4n) is 2.32. The molecule has 0 spiro atoms. The molecule has 4 nitrogen and oxygen atoms in total. The highest BCUT2D eigenvalue weighted by molar-refractivity contribution is 6.42. The molecule has 3 rings (SSSR count). The molecule has 0 atom stereocenters. The number of rotatable bonds is 3. The van der Waals surface area contributed by atoms with Crippen molar-refractivity contribution >= 4 is 52.0 Å². The van der Waals surface area contributed by atoms with Gasteiger partial charge in [-0.3, -0.25) is 9.20 Å². The van der Waals surface area contributed by atoms with Crippen LogP contribution in [-0.2, 0) is 6.42 Å². The van der Waals surface area contributed by atoms with Gasteiger partial charge in [0.25, 0.3) is 5.91 Å². The van der Waals surface area contributed by atoms with Gasteiger partial charge in [0, 0.05) is 23.0 Å². The molecule has 1 amide bonds. The van der Waals surface area contributed by atoms with E-state index in [2.05, 4.69) is 10.3 Å². The first-order valence-corrected chi connectivity index (χ1v) is 8.06. The average Bonchev–Trinajstić information content (AvgIpc) is 2.88. The van der Waals surface area contributed by atoms with Gasteiger partial charge in [0.05, 0.1) is 15.7 Å².